The third kappa shape index (κ3) is 10.6. The van der Waals surface area contributed by atoms with Crippen molar-refractivity contribution in [2.24, 2.45) is 32.9 Å². The number of hydrogen-bond donors (Lipinski definition) is 6. The first-order chi connectivity index (χ1) is 17.3. The summed E-state index contributed by atoms with van der Waals surface area (Å²) in [4.78, 5) is 7.49. The van der Waals surface area contributed by atoms with Gasteiger partial charge in [0.05, 0.1) is 25.3 Å². The lowest BCUT2D eigenvalue weighted by atomic mass is 10.1. The van der Waals surface area contributed by atoms with Crippen LogP contribution in [0.4, 0.5) is 0 Å². The number of fused-ring (bicyclic) bond motifs is 2. The molecule has 2 unspecified atom stereocenters. The molecule has 0 saturated carbocycles. The second kappa shape index (κ2) is 13.3. The number of hydrogen-bond acceptors (Lipinski definition) is 12. The molecule has 4 rings (SSSR count). The van der Waals surface area contributed by atoms with Crippen molar-refractivity contribution in [1.29, 1.82) is 0 Å². The minimum atomic E-state index is -5.17. The highest BCUT2D eigenvalue weighted by Gasteiger charge is 2.17. The van der Waals surface area contributed by atoms with E-state index in [1.165, 1.54) is 0 Å². The average molecular weight is 543 g/mol. The van der Waals surface area contributed by atoms with Crippen molar-refractivity contribution in [2.45, 2.75) is 12.2 Å². The smallest absolute Gasteiger partial charge is 0.231 e. The van der Waals surface area contributed by atoms with Gasteiger partial charge in [0.1, 0.15) is 0 Å². The van der Waals surface area contributed by atoms with E-state index in [9.17, 15) is 10.2 Å². The molecule has 204 valence electrons. The van der Waals surface area contributed by atoms with E-state index in [1.807, 2.05) is 0 Å². The number of aliphatic hydroxyl groups is 2. The molecule has 0 spiro atoms. The zero-order chi connectivity index (χ0) is 27.6. The van der Waals surface area contributed by atoms with Crippen molar-refractivity contribution < 1.29 is 46.7 Å². The zero-order valence-electron chi connectivity index (χ0n) is 19.2. The van der Waals surface area contributed by atoms with Crippen molar-refractivity contribution >= 4 is 22.3 Å². The molecule has 0 aliphatic carbocycles. The van der Waals surface area contributed by atoms with E-state index < -0.39 is 22.6 Å². The van der Waals surface area contributed by atoms with Crippen molar-refractivity contribution in [3.05, 3.63) is 47.5 Å². The van der Waals surface area contributed by atoms with Crippen LogP contribution >= 0.6 is 0 Å². The van der Waals surface area contributed by atoms with Gasteiger partial charge in [0.2, 0.25) is 13.6 Å². The minimum absolute atomic E-state index is 0.0419. The fourth-order valence-corrected chi connectivity index (χ4v) is 2.84. The largest absolute Gasteiger partial charge is 0.759 e. The predicted molar refractivity (Wildman–Crippen MR) is 127 cm³/mol. The summed E-state index contributed by atoms with van der Waals surface area (Å²) in [7, 11) is -5.17. The zero-order valence-corrected chi connectivity index (χ0v) is 20.0. The van der Waals surface area contributed by atoms with Gasteiger partial charge in [-0.3, -0.25) is 18.4 Å². The van der Waals surface area contributed by atoms with Gasteiger partial charge in [-0.25, -0.2) is 0 Å². The van der Waals surface area contributed by atoms with Crippen molar-refractivity contribution in [1.82, 2.24) is 0 Å². The monoisotopic (exact) mass is 542 g/mol. The molecule has 0 aromatic heterocycles. The summed E-state index contributed by atoms with van der Waals surface area (Å²) in [5.41, 5.74) is 22.1. The Labute approximate surface area is 211 Å². The van der Waals surface area contributed by atoms with Gasteiger partial charge in [-0.1, -0.05) is 12.1 Å². The van der Waals surface area contributed by atoms with E-state index in [2.05, 4.69) is 9.98 Å². The summed E-state index contributed by atoms with van der Waals surface area (Å²) in [5, 5.41) is 19.6. The Hall–Kier alpha value is -4.03. The van der Waals surface area contributed by atoms with E-state index in [0.29, 0.717) is 34.1 Å². The topological polar surface area (TPSA) is 286 Å². The number of benzene rings is 2. The fourth-order valence-electron chi connectivity index (χ4n) is 2.84. The van der Waals surface area contributed by atoms with Crippen LogP contribution in [0.25, 0.3) is 0 Å². The number of guanidine groups is 2. The highest BCUT2D eigenvalue weighted by Crippen LogP contribution is 2.35. The van der Waals surface area contributed by atoms with E-state index in [-0.39, 0.29) is 38.6 Å². The molecule has 2 aliphatic heterocycles. The molecule has 37 heavy (non-hydrogen) atoms. The minimum Gasteiger partial charge on any atom is -0.759 e. The summed E-state index contributed by atoms with van der Waals surface area (Å²) in [6.45, 7) is 0.676. The molecule has 2 aromatic carbocycles. The number of aliphatic hydroxyl groups excluding tert-OH is 2. The summed E-state index contributed by atoms with van der Waals surface area (Å²) >= 11 is 0. The molecule has 0 radical (unpaired) electrons. The van der Waals surface area contributed by atoms with E-state index in [0.717, 1.165) is 0 Å². The van der Waals surface area contributed by atoms with Gasteiger partial charge in [-0.15, -0.1) is 0 Å². The number of nitrogens with zero attached hydrogens (tertiary/aromatic N) is 2. The molecule has 2 atom stereocenters. The highest BCUT2D eigenvalue weighted by atomic mass is 32.3. The molecule has 0 fully saturated rings. The summed E-state index contributed by atoms with van der Waals surface area (Å²) in [5.74, 6) is 2.53. The third-order valence-corrected chi connectivity index (χ3v) is 4.46. The van der Waals surface area contributed by atoms with Crippen LogP contribution in [-0.4, -0.2) is 66.3 Å². The molecule has 17 heteroatoms. The number of rotatable bonds is 6. The second-order valence-electron chi connectivity index (χ2n) is 7.20. The van der Waals surface area contributed by atoms with Crippen molar-refractivity contribution in [2.75, 3.05) is 26.7 Å². The van der Waals surface area contributed by atoms with Crippen LogP contribution in [0.3, 0.4) is 0 Å². The first-order valence-electron chi connectivity index (χ1n) is 10.3. The quantitative estimate of drug-likeness (QED) is 0.101. The van der Waals surface area contributed by atoms with Crippen LogP contribution in [-0.2, 0) is 10.4 Å². The van der Waals surface area contributed by atoms with Crippen molar-refractivity contribution in [3.63, 3.8) is 0 Å². The Morgan fingerprint density at radius 3 is 1.41 bits per heavy atom. The van der Waals surface area contributed by atoms with Crippen LogP contribution in [0.15, 0.2) is 46.4 Å². The van der Waals surface area contributed by atoms with Gasteiger partial charge in [0.15, 0.2) is 34.9 Å². The van der Waals surface area contributed by atoms with E-state index in [1.54, 1.807) is 36.4 Å². The Bertz CT molecular complexity index is 1130. The van der Waals surface area contributed by atoms with Crippen LogP contribution in [0, 0.1) is 0 Å². The second-order valence-corrected chi connectivity index (χ2v) is 8.01. The molecule has 0 amide bonds. The summed E-state index contributed by atoms with van der Waals surface area (Å²) in [6, 6.07) is 10.4. The summed E-state index contributed by atoms with van der Waals surface area (Å²) < 4.78 is 54.8. The lowest BCUT2D eigenvalue weighted by molar-refractivity contribution is 0.172. The maximum Gasteiger partial charge on any atom is 0.231 e. The van der Waals surface area contributed by atoms with Crippen LogP contribution < -0.4 is 41.9 Å². The molecule has 2 aliphatic rings. The highest BCUT2D eigenvalue weighted by molar-refractivity contribution is 7.79. The van der Waals surface area contributed by atoms with Gasteiger partial charge < -0.3 is 61.2 Å². The van der Waals surface area contributed by atoms with Crippen LogP contribution in [0.5, 0.6) is 23.0 Å². The fraction of sp³-hybridized carbons (Fsp3) is 0.300. The lowest BCUT2D eigenvalue weighted by Gasteiger charge is -2.08. The molecule has 0 bridgehead atoms. The lowest BCUT2D eigenvalue weighted by Crippen LogP contribution is -2.23. The third-order valence-electron chi connectivity index (χ3n) is 4.46. The van der Waals surface area contributed by atoms with E-state index >= 15 is 0 Å². The Morgan fingerprint density at radius 1 is 0.757 bits per heavy atom. The molecule has 2 heterocycles. The molecule has 16 nitrogen and oxygen atoms in total. The van der Waals surface area contributed by atoms with Gasteiger partial charge in [-0.2, -0.15) is 0 Å². The van der Waals surface area contributed by atoms with Crippen LogP contribution in [0.2, 0.25) is 0 Å². The van der Waals surface area contributed by atoms with E-state index in [4.69, 9.17) is 59.4 Å². The Morgan fingerprint density at radius 2 is 1.08 bits per heavy atom. The van der Waals surface area contributed by atoms with Gasteiger partial charge >= 0.3 is 0 Å². The number of nitrogens with two attached hydrogens (primary N) is 4. The van der Waals surface area contributed by atoms with Gasteiger partial charge in [-0.05, 0) is 35.4 Å². The number of aliphatic imine (C=N–C) groups is 2. The number of ether oxygens (including phenoxy) is 4. The Balaban J connectivity index is 0.000000221. The molecular weight excluding hydrogens is 516 g/mol. The van der Waals surface area contributed by atoms with Crippen LogP contribution in [0.1, 0.15) is 23.3 Å². The average Bonchev–Trinajstić information content (AvgIpc) is 3.48. The molecule has 0 saturated heterocycles. The normalized spacial score (nSPS) is 14.2. The predicted octanol–water partition coefficient (Wildman–Crippen LogP) is -1.89. The standard InChI is InChI=1S/2C10H13N3O3.H2O4S/c2*11-10(12)13-4-7(14)6-1-2-8-9(3-6)16-5-15-8;1-5(2,3)4/h2*1-3,7,14H,4-5H2,(H4,11,12,13);(H2,1,2,3,4)/p-2. The van der Waals surface area contributed by atoms with Crippen molar-refractivity contribution in [3.8, 4) is 23.0 Å². The van der Waals surface area contributed by atoms with Gasteiger partial charge in [0, 0.05) is 10.4 Å². The maximum atomic E-state index is 9.79. The first-order valence-corrected chi connectivity index (χ1v) is 11.6. The first kappa shape index (κ1) is 29.2. The SMILES string of the molecule is NC(N)=NCC(O)c1ccc2c(c1)OCO2.NC(N)=NCC(O)c1ccc2c(c1)OCO2.O=S(=O)([O-])[O-]. The molecule has 10 N–H and O–H groups in total. The molecule has 2 aromatic rings. The maximum absolute atomic E-state index is 9.79. The Kier molecular flexibility index (Phi) is 10.5. The van der Waals surface area contributed by atoms with Gasteiger partial charge in [0.25, 0.3) is 0 Å². The molecular formula is C20H26N6O10S-2. The summed E-state index contributed by atoms with van der Waals surface area (Å²) in [6.07, 6.45) is -1.51.